The summed E-state index contributed by atoms with van der Waals surface area (Å²) in [5.41, 5.74) is 0. The Bertz CT molecular complexity index is 122. The van der Waals surface area contributed by atoms with Gasteiger partial charge in [0, 0.05) is 23.9 Å². The van der Waals surface area contributed by atoms with Crippen LogP contribution in [0, 0.1) is 5.92 Å². The van der Waals surface area contributed by atoms with Crippen LogP contribution in [0.3, 0.4) is 0 Å². The van der Waals surface area contributed by atoms with E-state index in [1.807, 2.05) is 7.05 Å². The molecule has 0 bridgehead atoms. The summed E-state index contributed by atoms with van der Waals surface area (Å²) in [5, 5.41) is 3.11. The number of hydrogen-bond donors (Lipinski definition) is 1. The number of hydrogen-bond acceptors (Lipinski definition) is 2. The maximum Gasteiger partial charge on any atom is 0.1000 e. The first-order valence-corrected chi connectivity index (χ1v) is 4.69. The molecule has 1 atom stereocenters. The third-order valence-electron chi connectivity index (χ3n) is 1.59. The van der Waals surface area contributed by atoms with E-state index in [1.54, 1.807) is 0 Å². The van der Waals surface area contributed by atoms with Gasteiger partial charge in [-0.05, 0) is 6.42 Å². The molecule has 0 saturated heterocycles. The standard InChI is InChI=1S/C6H11IN2/c1-8-6-5(4-7)2-3-9-6/h5H,2-4H2,1H3,(H,8,9). The van der Waals surface area contributed by atoms with Gasteiger partial charge < -0.3 is 5.32 Å². The number of amidine groups is 1. The Morgan fingerprint density at radius 2 is 2.67 bits per heavy atom. The first kappa shape index (κ1) is 7.31. The van der Waals surface area contributed by atoms with E-state index in [4.69, 9.17) is 0 Å². The van der Waals surface area contributed by atoms with Gasteiger partial charge in [-0.1, -0.05) is 22.6 Å². The number of rotatable bonds is 1. The summed E-state index contributed by atoms with van der Waals surface area (Å²) in [6, 6.07) is 0. The molecule has 0 aromatic rings. The summed E-state index contributed by atoms with van der Waals surface area (Å²) in [7, 11) is 1.95. The molecule has 0 fully saturated rings. The molecule has 0 radical (unpaired) electrons. The zero-order valence-electron chi connectivity index (χ0n) is 5.52. The second-order valence-electron chi connectivity index (χ2n) is 2.16. The highest BCUT2D eigenvalue weighted by Gasteiger charge is 2.17. The number of nitrogens with zero attached hydrogens (tertiary/aromatic N) is 1. The molecule has 0 aliphatic carbocycles. The van der Waals surface area contributed by atoms with Crippen LogP contribution in [0.1, 0.15) is 6.42 Å². The Kier molecular flexibility index (Phi) is 2.75. The monoisotopic (exact) mass is 238 g/mol. The van der Waals surface area contributed by atoms with Crippen LogP contribution in [0.2, 0.25) is 0 Å². The summed E-state index contributed by atoms with van der Waals surface area (Å²) < 4.78 is 1.19. The third-order valence-corrected chi connectivity index (χ3v) is 2.65. The van der Waals surface area contributed by atoms with Crippen LogP contribution in [0.25, 0.3) is 0 Å². The van der Waals surface area contributed by atoms with Crippen LogP contribution in [-0.2, 0) is 0 Å². The Morgan fingerprint density at radius 3 is 3.11 bits per heavy atom. The number of aliphatic imine (C=N–C) groups is 1. The molecule has 1 unspecified atom stereocenters. The van der Waals surface area contributed by atoms with E-state index >= 15 is 0 Å². The molecule has 0 spiro atoms. The largest absolute Gasteiger partial charge is 0.377 e. The van der Waals surface area contributed by atoms with Crippen LogP contribution in [-0.4, -0.2) is 23.9 Å². The lowest BCUT2D eigenvalue weighted by molar-refractivity contribution is 0.756. The Labute approximate surface area is 69.3 Å². The molecule has 2 nitrogen and oxygen atoms in total. The highest BCUT2D eigenvalue weighted by molar-refractivity contribution is 14.1. The van der Waals surface area contributed by atoms with Gasteiger partial charge >= 0.3 is 0 Å². The Morgan fingerprint density at radius 1 is 1.89 bits per heavy atom. The van der Waals surface area contributed by atoms with Crippen molar-refractivity contribution in [3.05, 3.63) is 0 Å². The van der Waals surface area contributed by atoms with E-state index in [-0.39, 0.29) is 0 Å². The zero-order valence-corrected chi connectivity index (χ0v) is 7.68. The van der Waals surface area contributed by atoms with Crippen molar-refractivity contribution in [1.82, 2.24) is 5.32 Å². The summed E-state index contributed by atoms with van der Waals surface area (Å²) >= 11 is 2.41. The van der Waals surface area contributed by atoms with E-state index in [2.05, 4.69) is 32.9 Å². The number of nitrogens with one attached hydrogen (secondary N) is 1. The fourth-order valence-electron chi connectivity index (χ4n) is 1.04. The van der Waals surface area contributed by atoms with E-state index in [0.29, 0.717) is 5.92 Å². The molecule has 0 saturated carbocycles. The number of halogens is 1. The summed E-state index contributed by atoms with van der Waals surface area (Å²) in [4.78, 5) is 4.31. The fourth-order valence-corrected chi connectivity index (χ4v) is 1.90. The van der Waals surface area contributed by atoms with Gasteiger partial charge in [0.1, 0.15) is 0 Å². The molecule has 1 aliphatic heterocycles. The van der Waals surface area contributed by atoms with Crippen molar-refractivity contribution < 1.29 is 0 Å². The molecule has 1 rings (SSSR count). The van der Waals surface area contributed by atoms with Crippen LogP contribution in [0.15, 0.2) is 4.99 Å². The molecular weight excluding hydrogens is 227 g/mol. The SMILES string of the molecule is CNC1=NCCC1CI. The van der Waals surface area contributed by atoms with Gasteiger partial charge in [-0.3, -0.25) is 4.99 Å². The second-order valence-corrected chi connectivity index (χ2v) is 3.04. The van der Waals surface area contributed by atoms with E-state index in [0.717, 1.165) is 6.54 Å². The van der Waals surface area contributed by atoms with Crippen LogP contribution < -0.4 is 5.32 Å². The highest BCUT2D eigenvalue weighted by Crippen LogP contribution is 2.14. The van der Waals surface area contributed by atoms with Crippen LogP contribution >= 0.6 is 22.6 Å². The zero-order chi connectivity index (χ0) is 6.69. The van der Waals surface area contributed by atoms with E-state index in [9.17, 15) is 0 Å². The molecule has 0 amide bonds. The molecule has 3 heteroatoms. The molecule has 1 aliphatic rings. The smallest absolute Gasteiger partial charge is 0.1000 e. The van der Waals surface area contributed by atoms with Crippen LogP contribution in [0.5, 0.6) is 0 Å². The van der Waals surface area contributed by atoms with Gasteiger partial charge in [-0.2, -0.15) is 0 Å². The topological polar surface area (TPSA) is 24.4 Å². The summed E-state index contributed by atoms with van der Waals surface area (Å²) in [6.07, 6.45) is 1.24. The second kappa shape index (κ2) is 3.39. The molecule has 1 heterocycles. The van der Waals surface area contributed by atoms with Crippen molar-refractivity contribution in [2.45, 2.75) is 6.42 Å². The molecule has 9 heavy (non-hydrogen) atoms. The van der Waals surface area contributed by atoms with Crippen molar-refractivity contribution >= 4 is 28.4 Å². The lowest BCUT2D eigenvalue weighted by atomic mass is 10.1. The van der Waals surface area contributed by atoms with E-state index in [1.165, 1.54) is 16.7 Å². The van der Waals surface area contributed by atoms with E-state index < -0.39 is 0 Å². The first-order chi connectivity index (χ1) is 4.38. The average molecular weight is 238 g/mol. The summed E-state index contributed by atoms with van der Waals surface area (Å²) in [5.74, 6) is 1.90. The predicted octanol–water partition coefficient (Wildman–Crippen LogP) is 1.06. The highest BCUT2D eigenvalue weighted by atomic mass is 127. The van der Waals surface area contributed by atoms with Crippen molar-refractivity contribution in [1.29, 1.82) is 0 Å². The molecular formula is C6H11IN2. The Balaban J connectivity index is 2.47. The fraction of sp³-hybridized carbons (Fsp3) is 0.833. The number of alkyl halides is 1. The molecule has 1 N–H and O–H groups in total. The van der Waals surface area contributed by atoms with Gasteiger partial charge in [0.2, 0.25) is 0 Å². The first-order valence-electron chi connectivity index (χ1n) is 3.16. The molecule has 0 aromatic carbocycles. The lowest BCUT2D eigenvalue weighted by Gasteiger charge is -2.06. The van der Waals surface area contributed by atoms with Crippen molar-refractivity contribution in [3.8, 4) is 0 Å². The Hall–Kier alpha value is 0.200. The lowest BCUT2D eigenvalue weighted by Crippen LogP contribution is -2.24. The predicted molar refractivity (Wildman–Crippen MR) is 48.4 cm³/mol. The quantitative estimate of drug-likeness (QED) is 0.536. The minimum absolute atomic E-state index is 0.704. The summed E-state index contributed by atoms with van der Waals surface area (Å²) in [6.45, 7) is 1.02. The normalized spacial score (nSPS) is 26.0. The third kappa shape index (κ3) is 1.56. The maximum absolute atomic E-state index is 4.31. The van der Waals surface area contributed by atoms with Gasteiger partial charge in [0.05, 0.1) is 5.84 Å². The van der Waals surface area contributed by atoms with Crippen LogP contribution in [0.4, 0.5) is 0 Å². The minimum atomic E-state index is 0.704. The average Bonchev–Trinajstić information content (AvgIpc) is 2.33. The van der Waals surface area contributed by atoms with Gasteiger partial charge in [-0.15, -0.1) is 0 Å². The van der Waals surface area contributed by atoms with Gasteiger partial charge in [0.25, 0.3) is 0 Å². The maximum atomic E-state index is 4.31. The molecule has 52 valence electrons. The van der Waals surface area contributed by atoms with Crippen molar-refractivity contribution in [3.63, 3.8) is 0 Å². The van der Waals surface area contributed by atoms with Gasteiger partial charge in [0.15, 0.2) is 0 Å². The van der Waals surface area contributed by atoms with Crippen molar-refractivity contribution in [2.75, 3.05) is 18.0 Å². The molecule has 0 aromatic heterocycles. The minimum Gasteiger partial charge on any atom is -0.377 e. The van der Waals surface area contributed by atoms with Gasteiger partial charge in [-0.25, -0.2) is 0 Å². The van der Waals surface area contributed by atoms with Crippen molar-refractivity contribution in [2.24, 2.45) is 10.9 Å².